The van der Waals surface area contributed by atoms with Gasteiger partial charge in [0.25, 0.3) is 0 Å². The van der Waals surface area contributed by atoms with E-state index in [0.717, 1.165) is 6.04 Å². The molecule has 0 aromatic carbocycles. The maximum absolute atomic E-state index is 12.1. The molecule has 0 aliphatic carbocycles. The van der Waals surface area contributed by atoms with Gasteiger partial charge in [0.15, 0.2) is 0 Å². The summed E-state index contributed by atoms with van der Waals surface area (Å²) in [6.45, 7) is 10.4. The van der Waals surface area contributed by atoms with E-state index in [-0.39, 0.29) is 6.04 Å². The molecule has 0 amide bonds. The quantitative estimate of drug-likeness (QED) is 0.735. The zero-order valence-electron chi connectivity index (χ0n) is 10.3. The number of nitrogens with one attached hydrogen (secondary N) is 1. The molecule has 0 aliphatic heterocycles. The van der Waals surface area contributed by atoms with Crippen molar-refractivity contribution in [1.29, 1.82) is 0 Å². The van der Waals surface area contributed by atoms with E-state index in [1.807, 2.05) is 13.1 Å². The van der Waals surface area contributed by atoms with Crippen LogP contribution in [0, 0.1) is 0 Å². The Hall–Kier alpha value is 0.184. The standard InChI is InChI=1S/C9H22F3NSi2/c1-6-14(2,3)13-15(4,5)8-7-9(10,11)12/h13H,6-8H2,1-5H3. The first-order valence-electron chi connectivity index (χ1n) is 5.33. The van der Waals surface area contributed by atoms with E-state index in [1.54, 1.807) is 0 Å². The van der Waals surface area contributed by atoms with Gasteiger partial charge in [0.1, 0.15) is 16.5 Å². The molecule has 0 fully saturated rings. The van der Waals surface area contributed by atoms with Gasteiger partial charge in [0, 0.05) is 6.42 Å². The molecule has 6 heteroatoms. The van der Waals surface area contributed by atoms with Crippen LogP contribution in [-0.4, -0.2) is 22.6 Å². The highest BCUT2D eigenvalue weighted by Gasteiger charge is 2.35. The van der Waals surface area contributed by atoms with E-state index in [4.69, 9.17) is 0 Å². The first-order valence-corrected chi connectivity index (χ1v) is 11.7. The Kier molecular flexibility index (Phi) is 5.07. The normalized spacial score (nSPS) is 14.4. The van der Waals surface area contributed by atoms with Crippen LogP contribution < -0.4 is 4.65 Å². The minimum atomic E-state index is -4.01. The predicted molar refractivity (Wildman–Crippen MR) is 64.1 cm³/mol. The summed E-state index contributed by atoms with van der Waals surface area (Å²) < 4.78 is 39.9. The van der Waals surface area contributed by atoms with Gasteiger partial charge in [-0.05, 0) is 12.1 Å². The van der Waals surface area contributed by atoms with Gasteiger partial charge in [-0.3, -0.25) is 0 Å². The topological polar surface area (TPSA) is 12.0 Å². The first kappa shape index (κ1) is 15.2. The molecule has 0 aromatic rings. The van der Waals surface area contributed by atoms with Crippen molar-refractivity contribution in [2.45, 2.75) is 57.8 Å². The van der Waals surface area contributed by atoms with E-state index in [9.17, 15) is 13.2 Å². The molecular weight excluding hydrogens is 235 g/mol. The molecule has 15 heavy (non-hydrogen) atoms. The molecule has 0 aromatic heterocycles. The smallest absolute Gasteiger partial charge is 0.359 e. The molecule has 0 aliphatic rings. The maximum Gasteiger partial charge on any atom is 0.388 e. The predicted octanol–water partition coefficient (Wildman–Crippen LogP) is 3.96. The van der Waals surface area contributed by atoms with E-state index < -0.39 is 29.1 Å². The Morgan fingerprint density at radius 2 is 1.47 bits per heavy atom. The highest BCUT2D eigenvalue weighted by molar-refractivity contribution is 6.91. The van der Waals surface area contributed by atoms with Gasteiger partial charge in [-0.25, -0.2) is 0 Å². The van der Waals surface area contributed by atoms with Crippen LogP contribution in [0.1, 0.15) is 13.3 Å². The van der Waals surface area contributed by atoms with Crippen molar-refractivity contribution in [1.82, 2.24) is 4.65 Å². The largest absolute Gasteiger partial charge is 0.388 e. The van der Waals surface area contributed by atoms with Crippen LogP contribution >= 0.6 is 0 Å². The highest BCUT2D eigenvalue weighted by atomic mass is 28.4. The van der Waals surface area contributed by atoms with Crippen molar-refractivity contribution in [3.05, 3.63) is 0 Å². The fourth-order valence-corrected chi connectivity index (χ4v) is 11.0. The minimum absolute atomic E-state index is 0.285. The van der Waals surface area contributed by atoms with Gasteiger partial charge in [-0.1, -0.05) is 33.1 Å². The Bertz CT molecular complexity index is 202. The minimum Gasteiger partial charge on any atom is -0.359 e. The van der Waals surface area contributed by atoms with E-state index in [2.05, 4.69) is 24.7 Å². The molecule has 0 rings (SSSR count). The van der Waals surface area contributed by atoms with E-state index >= 15 is 0 Å². The Labute approximate surface area is 92.6 Å². The van der Waals surface area contributed by atoms with Crippen molar-refractivity contribution in [2.24, 2.45) is 0 Å². The lowest BCUT2D eigenvalue weighted by molar-refractivity contribution is -0.130. The van der Waals surface area contributed by atoms with Crippen LogP contribution in [0.3, 0.4) is 0 Å². The lowest BCUT2D eigenvalue weighted by atomic mass is 10.5. The Morgan fingerprint density at radius 3 is 1.80 bits per heavy atom. The molecule has 0 saturated heterocycles. The van der Waals surface area contributed by atoms with Crippen molar-refractivity contribution < 1.29 is 13.2 Å². The zero-order chi connectivity index (χ0) is 12.3. The van der Waals surface area contributed by atoms with Crippen molar-refractivity contribution in [2.75, 3.05) is 0 Å². The molecule has 92 valence electrons. The van der Waals surface area contributed by atoms with Crippen molar-refractivity contribution in [3.63, 3.8) is 0 Å². The fraction of sp³-hybridized carbons (Fsp3) is 1.00. The second-order valence-corrected chi connectivity index (χ2v) is 15.1. The van der Waals surface area contributed by atoms with Gasteiger partial charge >= 0.3 is 6.18 Å². The zero-order valence-corrected chi connectivity index (χ0v) is 12.3. The maximum atomic E-state index is 12.1. The van der Waals surface area contributed by atoms with Crippen LogP contribution in [0.2, 0.25) is 38.3 Å². The summed E-state index contributed by atoms with van der Waals surface area (Å²) in [6, 6.07) is 1.35. The summed E-state index contributed by atoms with van der Waals surface area (Å²) in [4.78, 5) is 0. The first-order chi connectivity index (χ1) is 6.47. The average molecular weight is 257 g/mol. The third-order valence-electron chi connectivity index (χ3n) is 2.59. The van der Waals surface area contributed by atoms with Crippen molar-refractivity contribution in [3.8, 4) is 0 Å². The summed E-state index contributed by atoms with van der Waals surface area (Å²) in [5.74, 6) is 0. The lowest BCUT2D eigenvalue weighted by Crippen LogP contribution is -2.58. The van der Waals surface area contributed by atoms with Crippen molar-refractivity contribution >= 4 is 16.5 Å². The summed E-state index contributed by atoms with van der Waals surface area (Å²) in [6.07, 6.45) is -4.66. The van der Waals surface area contributed by atoms with Crippen LogP contribution in [-0.2, 0) is 0 Å². The molecule has 0 spiro atoms. The molecule has 0 atom stereocenters. The summed E-state index contributed by atoms with van der Waals surface area (Å²) in [5, 5.41) is 0. The molecule has 1 N–H and O–H groups in total. The van der Waals surface area contributed by atoms with E-state index in [0.29, 0.717) is 0 Å². The molecule has 1 nitrogen and oxygen atoms in total. The highest BCUT2D eigenvalue weighted by Crippen LogP contribution is 2.26. The Morgan fingerprint density at radius 1 is 1.00 bits per heavy atom. The summed E-state index contributed by atoms with van der Waals surface area (Å²) in [5.41, 5.74) is 0. The number of halogens is 3. The number of hydrogen-bond acceptors (Lipinski definition) is 1. The van der Waals surface area contributed by atoms with Crippen LogP contribution in [0.4, 0.5) is 13.2 Å². The van der Waals surface area contributed by atoms with Gasteiger partial charge in [0.05, 0.1) is 0 Å². The van der Waals surface area contributed by atoms with Gasteiger partial charge in [-0.2, -0.15) is 13.2 Å². The van der Waals surface area contributed by atoms with Gasteiger partial charge in [0.2, 0.25) is 0 Å². The van der Waals surface area contributed by atoms with E-state index in [1.165, 1.54) is 0 Å². The number of rotatable bonds is 5. The molecule has 0 bridgehead atoms. The van der Waals surface area contributed by atoms with Crippen LogP contribution in [0.5, 0.6) is 0 Å². The molecule has 0 unspecified atom stereocenters. The molecule has 0 heterocycles. The lowest BCUT2D eigenvalue weighted by Gasteiger charge is -2.34. The third kappa shape index (κ3) is 8.04. The fourth-order valence-electron chi connectivity index (χ4n) is 1.52. The average Bonchev–Trinajstić information content (AvgIpc) is 1.98. The molecule has 0 saturated carbocycles. The van der Waals surface area contributed by atoms with Crippen LogP contribution in [0.15, 0.2) is 0 Å². The molecule has 0 radical (unpaired) electrons. The van der Waals surface area contributed by atoms with Gasteiger partial charge in [-0.15, -0.1) is 0 Å². The Balaban J connectivity index is 4.19. The van der Waals surface area contributed by atoms with Gasteiger partial charge < -0.3 is 4.65 Å². The second-order valence-electron chi connectivity index (χ2n) is 5.36. The number of alkyl halides is 3. The number of hydrogen-bond donors (Lipinski definition) is 1. The monoisotopic (exact) mass is 257 g/mol. The third-order valence-corrected chi connectivity index (χ3v) is 11.3. The molecular formula is C9H22F3NSi2. The second kappa shape index (κ2) is 5.01. The SMILES string of the molecule is CC[Si](C)(C)N[Si](C)(C)CCC(F)(F)F. The summed E-state index contributed by atoms with van der Waals surface area (Å²) in [7, 11) is -3.34. The van der Waals surface area contributed by atoms with Crippen LogP contribution in [0.25, 0.3) is 0 Å². The summed E-state index contributed by atoms with van der Waals surface area (Å²) >= 11 is 0.